The number of hydrogen-bond acceptors (Lipinski definition) is 5. The molecule has 5 nitrogen and oxygen atoms in total. The molecule has 2 unspecified atom stereocenters. The van der Waals surface area contributed by atoms with Gasteiger partial charge < -0.3 is 10.1 Å². The van der Waals surface area contributed by atoms with Gasteiger partial charge in [-0.15, -0.1) is 0 Å². The Balaban J connectivity index is 1.60. The molecule has 4 rings (SSSR count). The molecule has 0 bridgehead atoms. The van der Waals surface area contributed by atoms with Crippen LogP contribution in [0.4, 0.5) is 0 Å². The summed E-state index contributed by atoms with van der Waals surface area (Å²) in [7, 11) is -3.19. The fraction of sp³-hybridized carbons (Fsp3) is 0.400. The van der Waals surface area contributed by atoms with Gasteiger partial charge >= 0.3 is 0 Å². The first-order valence-corrected chi connectivity index (χ1v) is 10.9. The second-order valence-corrected chi connectivity index (χ2v) is 9.05. The Morgan fingerprint density at radius 3 is 2.42 bits per heavy atom. The second kappa shape index (κ2) is 7.02. The topological polar surface area (TPSA) is 58.6 Å². The van der Waals surface area contributed by atoms with E-state index < -0.39 is 9.84 Å². The van der Waals surface area contributed by atoms with Crippen molar-refractivity contribution < 1.29 is 13.2 Å². The highest BCUT2D eigenvalue weighted by Crippen LogP contribution is 2.38. The van der Waals surface area contributed by atoms with Crippen molar-refractivity contribution in [1.82, 2.24) is 10.2 Å². The molecule has 1 saturated heterocycles. The quantitative estimate of drug-likeness (QED) is 0.890. The standard InChI is InChI=1S/C20H24N2O3S/c1-26(23,24)17-8-6-16(7-9-17)25-20-18-5-3-2-4-15(18)14-19(20)22-12-10-21-11-13-22/h2-9,19-21H,10-14H2,1H3. The van der Waals surface area contributed by atoms with Crippen LogP contribution < -0.4 is 10.1 Å². The molecule has 1 N–H and O–H groups in total. The van der Waals surface area contributed by atoms with Gasteiger partial charge in [0.25, 0.3) is 0 Å². The van der Waals surface area contributed by atoms with Gasteiger partial charge in [0.15, 0.2) is 9.84 Å². The fourth-order valence-electron chi connectivity index (χ4n) is 3.93. The SMILES string of the molecule is CS(=O)(=O)c1ccc(OC2c3ccccc3CC2N2CCNCC2)cc1. The molecule has 1 aliphatic carbocycles. The van der Waals surface area contributed by atoms with Gasteiger partial charge in [0.2, 0.25) is 0 Å². The van der Waals surface area contributed by atoms with Gasteiger partial charge in [0, 0.05) is 32.4 Å². The molecule has 0 radical (unpaired) electrons. The Hall–Kier alpha value is -1.89. The highest BCUT2D eigenvalue weighted by atomic mass is 32.2. The zero-order valence-electron chi connectivity index (χ0n) is 14.9. The third kappa shape index (κ3) is 3.49. The number of sulfone groups is 1. The van der Waals surface area contributed by atoms with Gasteiger partial charge in [-0.05, 0) is 41.8 Å². The van der Waals surface area contributed by atoms with Crippen molar-refractivity contribution in [2.75, 3.05) is 32.4 Å². The summed E-state index contributed by atoms with van der Waals surface area (Å²) in [4.78, 5) is 2.82. The third-order valence-corrected chi connectivity index (χ3v) is 6.40. The van der Waals surface area contributed by atoms with Crippen molar-refractivity contribution in [1.29, 1.82) is 0 Å². The first-order valence-electron chi connectivity index (χ1n) is 9.02. The van der Waals surface area contributed by atoms with Gasteiger partial charge in [-0.25, -0.2) is 8.42 Å². The molecule has 0 aromatic heterocycles. The monoisotopic (exact) mass is 372 g/mol. The van der Waals surface area contributed by atoms with Gasteiger partial charge in [-0.1, -0.05) is 24.3 Å². The summed E-state index contributed by atoms with van der Waals surface area (Å²) in [6.07, 6.45) is 2.17. The molecule has 2 aromatic rings. The Morgan fingerprint density at radius 2 is 1.73 bits per heavy atom. The first kappa shape index (κ1) is 17.5. The number of nitrogens with zero attached hydrogens (tertiary/aromatic N) is 1. The van der Waals surface area contributed by atoms with Crippen LogP contribution in [0, 0.1) is 0 Å². The Labute approximate surface area is 154 Å². The molecule has 2 aromatic carbocycles. The minimum Gasteiger partial charge on any atom is -0.484 e. The maximum atomic E-state index is 11.7. The molecule has 1 fully saturated rings. The largest absolute Gasteiger partial charge is 0.484 e. The van der Waals surface area contributed by atoms with Crippen LogP contribution in [0.5, 0.6) is 5.75 Å². The molecule has 138 valence electrons. The smallest absolute Gasteiger partial charge is 0.175 e. The number of fused-ring (bicyclic) bond motifs is 1. The van der Waals surface area contributed by atoms with E-state index in [2.05, 4.69) is 34.5 Å². The van der Waals surface area contributed by atoms with E-state index in [-0.39, 0.29) is 6.10 Å². The van der Waals surface area contributed by atoms with E-state index in [0.29, 0.717) is 16.7 Å². The molecule has 0 saturated carbocycles. The summed E-state index contributed by atoms with van der Waals surface area (Å²) in [6.45, 7) is 4.04. The lowest BCUT2D eigenvalue weighted by Crippen LogP contribution is -2.50. The summed E-state index contributed by atoms with van der Waals surface area (Å²) >= 11 is 0. The predicted molar refractivity (Wildman–Crippen MR) is 101 cm³/mol. The lowest BCUT2D eigenvalue weighted by Gasteiger charge is -2.36. The van der Waals surface area contributed by atoms with Crippen LogP contribution in [0.25, 0.3) is 0 Å². The van der Waals surface area contributed by atoms with E-state index in [1.54, 1.807) is 24.3 Å². The zero-order chi connectivity index (χ0) is 18.1. The van der Waals surface area contributed by atoms with Gasteiger partial charge in [-0.2, -0.15) is 0 Å². The average Bonchev–Trinajstić information content (AvgIpc) is 3.01. The Morgan fingerprint density at radius 1 is 1.04 bits per heavy atom. The summed E-state index contributed by atoms with van der Waals surface area (Å²) in [5, 5.41) is 3.40. The maximum Gasteiger partial charge on any atom is 0.175 e. The first-order chi connectivity index (χ1) is 12.5. The Kier molecular flexibility index (Phi) is 4.73. The summed E-state index contributed by atoms with van der Waals surface area (Å²) in [5.41, 5.74) is 2.58. The van der Waals surface area contributed by atoms with Crippen molar-refractivity contribution >= 4 is 9.84 Å². The molecule has 6 heteroatoms. The van der Waals surface area contributed by atoms with Gasteiger partial charge in [0.1, 0.15) is 11.9 Å². The van der Waals surface area contributed by atoms with Crippen molar-refractivity contribution in [3.8, 4) is 5.75 Å². The lowest BCUT2D eigenvalue weighted by molar-refractivity contribution is 0.0693. The third-order valence-electron chi connectivity index (χ3n) is 5.28. The maximum absolute atomic E-state index is 11.7. The summed E-state index contributed by atoms with van der Waals surface area (Å²) in [5.74, 6) is 0.708. The molecular weight excluding hydrogens is 348 g/mol. The molecule has 1 aliphatic heterocycles. The molecule has 2 atom stereocenters. The van der Waals surface area contributed by atoms with E-state index in [1.807, 2.05) is 0 Å². The van der Waals surface area contributed by atoms with Gasteiger partial charge in [0.05, 0.1) is 10.9 Å². The molecular formula is C20H24N2O3S. The van der Waals surface area contributed by atoms with E-state index in [4.69, 9.17) is 4.74 Å². The van der Waals surface area contributed by atoms with Gasteiger partial charge in [-0.3, -0.25) is 4.90 Å². The van der Waals surface area contributed by atoms with Crippen LogP contribution in [0.15, 0.2) is 53.4 Å². The number of piperazine rings is 1. The number of ether oxygens (including phenoxy) is 1. The number of hydrogen-bond donors (Lipinski definition) is 1. The molecule has 0 amide bonds. The lowest BCUT2D eigenvalue weighted by atomic mass is 10.1. The van der Waals surface area contributed by atoms with Crippen LogP contribution in [0.2, 0.25) is 0 Å². The van der Waals surface area contributed by atoms with E-state index >= 15 is 0 Å². The summed E-state index contributed by atoms with van der Waals surface area (Å²) < 4.78 is 29.7. The van der Waals surface area contributed by atoms with E-state index in [1.165, 1.54) is 17.4 Å². The average molecular weight is 372 g/mol. The zero-order valence-corrected chi connectivity index (χ0v) is 15.7. The molecule has 1 heterocycles. The van der Waals surface area contributed by atoms with E-state index in [9.17, 15) is 8.42 Å². The second-order valence-electron chi connectivity index (χ2n) is 7.04. The number of rotatable bonds is 4. The van der Waals surface area contributed by atoms with Crippen LogP contribution in [-0.2, 0) is 16.3 Å². The van der Waals surface area contributed by atoms with E-state index in [0.717, 1.165) is 32.6 Å². The minimum atomic E-state index is -3.19. The highest BCUT2D eigenvalue weighted by Gasteiger charge is 2.38. The Bertz CT molecular complexity index is 874. The van der Waals surface area contributed by atoms with Crippen molar-refractivity contribution in [2.45, 2.75) is 23.5 Å². The molecule has 0 spiro atoms. The van der Waals surface area contributed by atoms with Crippen molar-refractivity contribution in [3.05, 3.63) is 59.7 Å². The normalized spacial score (nSPS) is 23.6. The van der Waals surface area contributed by atoms with Crippen LogP contribution in [0.3, 0.4) is 0 Å². The molecule has 26 heavy (non-hydrogen) atoms. The number of benzene rings is 2. The predicted octanol–water partition coefficient (Wildman–Crippen LogP) is 2.04. The summed E-state index contributed by atoms with van der Waals surface area (Å²) in [6, 6.07) is 15.5. The minimum absolute atomic E-state index is 0.0339. The number of nitrogens with one attached hydrogen (secondary N) is 1. The van der Waals surface area contributed by atoms with Crippen LogP contribution in [-0.4, -0.2) is 51.8 Å². The molecule has 2 aliphatic rings. The van der Waals surface area contributed by atoms with Crippen LogP contribution >= 0.6 is 0 Å². The van der Waals surface area contributed by atoms with Crippen molar-refractivity contribution in [2.24, 2.45) is 0 Å². The van der Waals surface area contributed by atoms with Crippen molar-refractivity contribution in [3.63, 3.8) is 0 Å². The van der Waals surface area contributed by atoms with Crippen LogP contribution in [0.1, 0.15) is 17.2 Å². The fourth-order valence-corrected chi connectivity index (χ4v) is 4.56. The highest BCUT2D eigenvalue weighted by molar-refractivity contribution is 7.90.